The van der Waals surface area contributed by atoms with Crippen LogP contribution in [-0.4, -0.2) is 0 Å². The molecule has 2 aromatic heterocycles. The second kappa shape index (κ2) is 14.3. The van der Waals surface area contributed by atoms with Crippen LogP contribution in [0.25, 0.3) is 122 Å². The molecule has 0 aliphatic heterocycles. The Balaban J connectivity index is 1.06. The highest BCUT2D eigenvalue weighted by molar-refractivity contribution is 7.26. The first kappa shape index (κ1) is 35.8. The second-order valence-corrected chi connectivity index (χ2v) is 18.0. The zero-order chi connectivity index (χ0) is 40.6. The average Bonchev–Trinajstić information content (AvgIpc) is 3.88. The minimum Gasteiger partial charge on any atom is -0.135 e. The molecule has 0 bridgehead atoms. The van der Waals surface area contributed by atoms with Gasteiger partial charge in [-0.1, -0.05) is 183 Å². The smallest absolute Gasteiger partial charge is 0.0434 e. The van der Waals surface area contributed by atoms with Crippen molar-refractivity contribution in [2.24, 2.45) is 0 Å². The van der Waals surface area contributed by atoms with Crippen LogP contribution in [0.2, 0.25) is 0 Å². The van der Waals surface area contributed by atoms with Crippen LogP contribution < -0.4 is 0 Å². The Kier molecular flexibility index (Phi) is 8.38. The van der Waals surface area contributed by atoms with Crippen LogP contribution in [0, 0.1) is 0 Å². The number of benzene rings is 10. The van der Waals surface area contributed by atoms with E-state index in [-0.39, 0.29) is 0 Å². The lowest BCUT2D eigenvalue weighted by Crippen LogP contribution is -1.92. The summed E-state index contributed by atoms with van der Waals surface area (Å²) in [6.07, 6.45) is 8.33. The number of hydrogen-bond acceptors (Lipinski definition) is 2. The van der Waals surface area contributed by atoms with Crippen LogP contribution in [0.3, 0.4) is 0 Å². The third kappa shape index (κ3) is 5.50. The minimum atomic E-state index is 1.12. The number of hydrogen-bond donors (Lipinski definition) is 0. The van der Waals surface area contributed by atoms with Gasteiger partial charge in [0.05, 0.1) is 0 Å². The molecule has 12 aromatic rings. The summed E-state index contributed by atoms with van der Waals surface area (Å²) >= 11 is 3.79. The molecule has 61 heavy (non-hydrogen) atoms. The van der Waals surface area contributed by atoms with Crippen molar-refractivity contribution in [3.63, 3.8) is 0 Å². The van der Waals surface area contributed by atoms with Gasteiger partial charge >= 0.3 is 0 Å². The maximum Gasteiger partial charge on any atom is 0.0434 e. The molecule has 0 fully saturated rings. The van der Waals surface area contributed by atoms with Crippen molar-refractivity contribution in [1.82, 2.24) is 0 Å². The van der Waals surface area contributed by atoms with Crippen LogP contribution in [-0.2, 0) is 0 Å². The Morgan fingerprint density at radius 3 is 1.52 bits per heavy atom. The SMILES string of the molecule is C=C/C(=C\C=C/C)c1c2ccccc2c(-c2ccc3sc4cc(-c5c6ccccc6c(-c6cccc7c6sc6ccccc67)c6ccccc56)ccc4c3c2)c2ccccc12. The average molecular weight is 811 g/mol. The van der Waals surface area contributed by atoms with E-state index in [4.69, 9.17) is 0 Å². The lowest BCUT2D eigenvalue weighted by molar-refractivity contribution is 1.68. The molecular formula is C59H38S2. The van der Waals surface area contributed by atoms with Crippen LogP contribution in [0.5, 0.6) is 0 Å². The summed E-state index contributed by atoms with van der Waals surface area (Å²) < 4.78 is 5.27. The van der Waals surface area contributed by atoms with Crippen molar-refractivity contribution in [2.45, 2.75) is 6.92 Å². The fourth-order valence-corrected chi connectivity index (χ4v) is 12.3. The molecule has 0 unspecified atom stereocenters. The fraction of sp³-hybridized carbons (Fsp3) is 0.0169. The number of fused-ring (bicyclic) bond motifs is 10. The third-order valence-corrected chi connectivity index (χ3v) is 14.9. The number of rotatable bonds is 6. The maximum atomic E-state index is 4.23. The zero-order valence-corrected chi connectivity index (χ0v) is 35.2. The molecule has 0 saturated heterocycles. The molecule has 0 aliphatic carbocycles. The Morgan fingerprint density at radius 1 is 0.410 bits per heavy atom. The lowest BCUT2D eigenvalue weighted by Gasteiger charge is -2.18. The molecule has 0 amide bonds. The van der Waals surface area contributed by atoms with Gasteiger partial charge in [0, 0.05) is 45.9 Å². The van der Waals surface area contributed by atoms with Crippen molar-refractivity contribution in [2.75, 3.05) is 0 Å². The van der Waals surface area contributed by atoms with E-state index < -0.39 is 0 Å². The summed E-state index contributed by atoms with van der Waals surface area (Å²) in [5.41, 5.74) is 9.99. The highest BCUT2D eigenvalue weighted by Crippen LogP contribution is 2.49. The van der Waals surface area contributed by atoms with Gasteiger partial charge < -0.3 is 0 Å². The fourth-order valence-electron chi connectivity index (χ4n) is 9.97. The van der Waals surface area contributed by atoms with Crippen LogP contribution in [0.4, 0.5) is 0 Å². The van der Waals surface area contributed by atoms with Crippen LogP contribution in [0.15, 0.2) is 207 Å². The molecule has 0 atom stereocenters. The molecule has 0 aliphatic rings. The van der Waals surface area contributed by atoms with E-state index in [9.17, 15) is 0 Å². The van der Waals surface area contributed by atoms with E-state index in [2.05, 4.69) is 208 Å². The normalized spacial score (nSPS) is 12.4. The van der Waals surface area contributed by atoms with Gasteiger partial charge in [0.15, 0.2) is 0 Å². The van der Waals surface area contributed by atoms with Gasteiger partial charge in [0.1, 0.15) is 0 Å². The highest BCUT2D eigenvalue weighted by Gasteiger charge is 2.21. The quantitative estimate of drug-likeness (QED) is 0.116. The van der Waals surface area contributed by atoms with Gasteiger partial charge in [-0.3, -0.25) is 0 Å². The summed E-state index contributed by atoms with van der Waals surface area (Å²) in [4.78, 5) is 0. The van der Waals surface area contributed by atoms with Crippen LogP contribution >= 0.6 is 22.7 Å². The monoisotopic (exact) mass is 810 g/mol. The van der Waals surface area contributed by atoms with Gasteiger partial charge in [0.25, 0.3) is 0 Å². The predicted molar refractivity (Wildman–Crippen MR) is 272 cm³/mol. The van der Waals surface area contributed by atoms with Gasteiger partial charge in [-0.2, -0.15) is 0 Å². The first-order valence-electron chi connectivity index (χ1n) is 20.9. The third-order valence-electron chi connectivity index (χ3n) is 12.6. The standard InChI is InChI=1S/C59H38S2/c1-3-5-17-36(4-2)55-41-19-6-8-21-43(41)56(44-22-9-7-20-42(44)55)37-31-33-53-51(34-37)40-32-30-38(35-54(40)60-53)57-45-23-10-12-25-47(45)58(48-26-13-11-24-46(48)57)50-28-16-27-49-39-18-14-15-29-52(39)61-59(49)50/h3-35H,2H2,1H3/b5-3-,36-17+. The summed E-state index contributed by atoms with van der Waals surface area (Å²) in [6, 6.07) is 65.7. The summed E-state index contributed by atoms with van der Waals surface area (Å²) in [6.45, 7) is 6.28. The second-order valence-electron chi connectivity index (χ2n) is 15.8. The van der Waals surface area contributed by atoms with E-state index in [0.29, 0.717) is 0 Å². The van der Waals surface area contributed by atoms with E-state index in [1.165, 1.54) is 122 Å². The van der Waals surface area contributed by atoms with Gasteiger partial charge in [-0.15, -0.1) is 22.7 Å². The molecule has 0 N–H and O–H groups in total. The van der Waals surface area contributed by atoms with E-state index >= 15 is 0 Å². The van der Waals surface area contributed by atoms with Gasteiger partial charge in [0.2, 0.25) is 0 Å². The zero-order valence-electron chi connectivity index (χ0n) is 33.6. The van der Waals surface area contributed by atoms with Crippen molar-refractivity contribution in [1.29, 1.82) is 0 Å². The number of allylic oxidation sites excluding steroid dienone is 5. The Labute approximate surface area is 362 Å². The molecule has 286 valence electrons. The minimum absolute atomic E-state index is 1.12. The molecule has 12 rings (SSSR count). The van der Waals surface area contributed by atoms with Gasteiger partial charge in [-0.05, 0) is 113 Å². The van der Waals surface area contributed by atoms with Crippen molar-refractivity contribution >= 4 is 112 Å². The first-order chi connectivity index (χ1) is 30.2. The van der Waals surface area contributed by atoms with Crippen molar-refractivity contribution in [3.05, 3.63) is 212 Å². The Morgan fingerprint density at radius 2 is 0.902 bits per heavy atom. The molecule has 2 heterocycles. The summed E-state index contributed by atoms with van der Waals surface area (Å²) in [7, 11) is 0. The molecule has 10 aromatic carbocycles. The van der Waals surface area contributed by atoms with Crippen molar-refractivity contribution < 1.29 is 0 Å². The maximum absolute atomic E-state index is 4.23. The largest absolute Gasteiger partial charge is 0.135 e. The first-order valence-corrected chi connectivity index (χ1v) is 22.5. The molecular weight excluding hydrogens is 773 g/mol. The van der Waals surface area contributed by atoms with Gasteiger partial charge in [-0.25, -0.2) is 0 Å². The molecule has 2 heteroatoms. The number of thiophene rings is 2. The summed E-state index contributed by atoms with van der Waals surface area (Å²) in [5, 5.41) is 15.3. The highest BCUT2D eigenvalue weighted by atomic mass is 32.1. The molecule has 0 saturated carbocycles. The Bertz CT molecular complexity index is 3730. The molecule has 0 spiro atoms. The van der Waals surface area contributed by atoms with Crippen LogP contribution in [0.1, 0.15) is 12.5 Å². The van der Waals surface area contributed by atoms with Crippen molar-refractivity contribution in [3.8, 4) is 33.4 Å². The van der Waals surface area contributed by atoms with E-state index in [1.54, 1.807) is 0 Å². The Hall–Kier alpha value is -7.10. The van der Waals surface area contributed by atoms with E-state index in [0.717, 1.165) is 5.57 Å². The molecule has 0 nitrogen and oxygen atoms in total. The topological polar surface area (TPSA) is 0 Å². The predicted octanol–water partition coefficient (Wildman–Crippen LogP) is 18.2. The lowest BCUT2D eigenvalue weighted by atomic mass is 9.85. The molecule has 0 radical (unpaired) electrons. The summed E-state index contributed by atoms with van der Waals surface area (Å²) in [5.74, 6) is 0. The van der Waals surface area contributed by atoms with E-state index in [1.807, 2.05) is 28.7 Å².